The van der Waals surface area contributed by atoms with Crippen LogP contribution in [0, 0.1) is 0 Å². The highest BCUT2D eigenvalue weighted by molar-refractivity contribution is 5.77. The van der Waals surface area contributed by atoms with Gasteiger partial charge < -0.3 is 25.0 Å². The largest absolute Gasteiger partial charge is 0.481 e. The molecule has 8 heteroatoms. The van der Waals surface area contributed by atoms with Gasteiger partial charge in [0.05, 0.1) is 18.8 Å². The molecule has 46 heavy (non-hydrogen) atoms. The van der Waals surface area contributed by atoms with Crippen LogP contribution >= 0.6 is 0 Å². The molecule has 5 rings (SSSR count). The highest BCUT2D eigenvalue weighted by Gasteiger charge is 2.32. The lowest BCUT2D eigenvalue weighted by Gasteiger charge is -2.38. The summed E-state index contributed by atoms with van der Waals surface area (Å²) in [5.74, 6) is -1.06. The highest BCUT2D eigenvalue weighted by Crippen LogP contribution is 2.39. The second-order valence-electron chi connectivity index (χ2n) is 11.8. The molecule has 0 bridgehead atoms. The molecule has 1 fully saturated rings. The van der Waals surface area contributed by atoms with E-state index in [4.69, 9.17) is 14.6 Å². The summed E-state index contributed by atoms with van der Waals surface area (Å²) < 4.78 is 13.1. The average molecular weight is 623 g/mol. The van der Waals surface area contributed by atoms with Crippen LogP contribution < -0.4 is 5.32 Å². The summed E-state index contributed by atoms with van der Waals surface area (Å²) in [6.45, 7) is 1.92. The fourth-order valence-corrected chi connectivity index (χ4v) is 5.80. The first-order valence-electron chi connectivity index (χ1n) is 15.8. The van der Waals surface area contributed by atoms with Gasteiger partial charge in [0.1, 0.15) is 0 Å². The van der Waals surface area contributed by atoms with E-state index in [1.54, 1.807) is 0 Å². The Morgan fingerprint density at radius 2 is 1.52 bits per heavy atom. The molecule has 1 saturated heterocycles. The third-order valence-corrected chi connectivity index (χ3v) is 8.21. The minimum atomic E-state index is -0.899. The minimum absolute atomic E-state index is 0.000907. The number of nitrogens with zero attached hydrogens (tertiary/aromatic N) is 1. The van der Waals surface area contributed by atoms with Crippen LogP contribution in [0.25, 0.3) is 11.1 Å². The number of carboxylic acid groups (broad SMARTS) is 1. The molecule has 0 saturated carbocycles. The number of rotatable bonds is 14. The normalized spacial score (nSPS) is 17.9. The lowest BCUT2D eigenvalue weighted by atomic mass is 9.97. The minimum Gasteiger partial charge on any atom is -0.481 e. The molecule has 0 aromatic heterocycles. The summed E-state index contributed by atoms with van der Waals surface area (Å²) in [6.07, 6.45) is 0.402. The molecule has 240 valence electrons. The number of nitrogens with one attached hydrogen (secondary N) is 1. The molecular formula is C38H42N2O6. The number of carbonyl (C=O) groups excluding carboxylic acids is 1. The van der Waals surface area contributed by atoms with E-state index < -0.39 is 12.3 Å². The van der Waals surface area contributed by atoms with Gasteiger partial charge in [-0.05, 0) is 46.8 Å². The molecule has 0 unspecified atom stereocenters. The zero-order chi connectivity index (χ0) is 32.3. The van der Waals surface area contributed by atoms with Crippen LogP contribution in [0.15, 0.2) is 103 Å². The number of carboxylic acids is 1. The zero-order valence-corrected chi connectivity index (χ0v) is 26.2. The number of aliphatic carboxylic acids is 1. The summed E-state index contributed by atoms with van der Waals surface area (Å²) in [5, 5.41) is 21.3. The standard InChI is InChI=1S/C38H42N2O6/c1-40(24-27-8-3-2-4-9-27)25-33-22-35(30-16-14-28(26-41)15-17-30)46-38(45-33)31-20-18-29(19-21-31)34-11-6-5-10-32(34)23-39-36(42)12-7-13-37(43)44/h2-6,8-11,14-21,33,35,38,41H,7,12-13,22-26H2,1H3,(H,39,42)(H,43,44)/t33-,35+,38+/m0/s1. The van der Waals surface area contributed by atoms with Crippen LogP contribution in [-0.4, -0.2) is 46.7 Å². The smallest absolute Gasteiger partial charge is 0.303 e. The van der Waals surface area contributed by atoms with Crippen LogP contribution in [0.2, 0.25) is 0 Å². The number of ether oxygens (including phenoxy) is 2. The lowest BCUT2D eigenvalue weighted by Crippen LogP contribution is -2.37. The lowest BCUT2D eigenvalue weighted by molar-refractivity contribution is -0.252. The van der Waals surface area contributed by atoms with Crippen molar-refractivity contribution in [1.82, 2.24) is 10.2 Å². The van der Waals surface area contributed by atoms with Gasteiger partial charge in [0.2, 0.25) is 5.91 Å². The quantitative estimate of drug-likeness (QED) is 0.150. The van der Waals surface area contributed by atoms with E-state index in [9.17, 15) is 14.7 Å². The van der Waals surface area contributed by atoms with Gasteiger partial charge in [-0.15, -0.1) is 0 Å². The average Bonchev–Trinajstić information content (AvgIpc) is 3.07. The third-order valence-electron chi connectivity index (χ3n) is 8.21. The van der Waals surface area contributed by atoms with E-state index in [1.165, 1.54) is 5.56 Å². The van der Waals surface area contributed by atoms with E-state index in [-0.39, 0.29) is 37.6 Å². The summed E-state index contributed by atoms with van der Waals surface area (Å²) in [6, 6.07) is 34.4. The number of likely N-dealkylation sites (N-methyl/N-ethyl adjacent to an activating group) is 1. The molecule has 0 radical (unpaired) electrons. The first-order chi connectivity index (χ1) is 22.4. The Labute approximate surface area is 270 Å². The predicted molar refractivity (Wildman–Crippen MR) is 176 cm³/mol. The van der Waals surface area contributed by atoms with Crippen LogP contribution in [0.1, 0.15) is 65.9 Å². The van der Waals surface area contributed by atoms with Gasteiger partial charge in [0.25, 0.3) is 0 Å². The van der Waals surface area contributed by atoms with E-state index in [2.05, 4.69) is 41.5 Å². The number of hydrogen-bond donors (Lipinski definition) is 3. The van der Waals surface area contributed by atoms with Gasteiger partial charge >= 0.3 is 5.97 Å². The second-order valence-corrected chi connectivity index (χ2v) is 11.8. The summed E-state index contributed by atoms with van der Waals surface area (Å²) in [4.78, 5) is 25.3. The zero-order valence-electron chi connectivity index (χ0n) is 26.2. The maximum absolute atomic E-state index is 12.3. The van der Waals surface area contributed by atoms with Gasteiger partial charge in [-0.2, -0.15) is 0 Å². The third kappa shape index (κ3) is 9.34. The van der Waals surface area contributed by atoms with Gasteiger partial charge in [0.15, 0.2) is 6.29 Å². The van der Waals surface area contributed by atoms with E-state index in [0.717, 1.165) is 46.5 Å². The maximum atomic E-state index is 12.3. The predicted octanol–water partition coefficient (Wildman–Crippen LogP) is 6.39. The van der Waals surface area contributed by atoms with E-state index in [1.807, 2.05) is 78.9 Å². The first-order valence-corrected chi connectivity index (χ1v) is 15.8. The first kappa shape index (κ1) is 33.0. The molecule has 0 spiro atoms. The molecule has 0 aliphatic carbocycles. The second kappa shape index (κ2) is 16.3. The SMILES string of the molecule is CN(Cc1ccccc1)C[C@@H]1C[C@H](c2ccc(CO)cc2)O[C@H](c2ccc(-c3ccccc3CNC(=O)CCCC(=O)O)cc2)O1. The van der Waals surface area contributed by atoms with Crippen molar-refractivity contribution in [3.63, 3.8) is 0 Å². The molecule has 3 atom stereocenters. The van der Waals surface area contributed by atoms with Crippen molar-refractivity contribution in [3.05, 3.63) is 131 Å². The van der Waals surface area contributed by atoms with Crippen molar-refractivity contribution in [2.24, 2.45) is 0 Å². The number of benzene rings is 4. The van der Waals surface area contributed by atoms with E-state index in [0.29, 0.717) is 19.4 Å². The van der Waals surface area contributed by atoms with E-state index >= 15 is 0 Å². The number of amides is 1. The Morgan fingerprint density at radius 3 is 2.24 bits per heavy atom. The molecule has 1 aliphatic rings. The summed E-state index contributed by atoms with van der Waals surface area (Å²) in [5.41, 5.74) is 7.06. The van der Waals surface area contributed by atoms with Crippen LogP contribution in [-0.2, 0) is 38.8 Å². The van der Waals surface area contributed by atoms with Crippen molar-refractivity contribution >= 4 is 11.9 Å². The topological polar surface area (TPSA) is 108 Å². The summed E-state index contributed by atoms with van der Waals surface area (Å²) >= 11 is 0. The van der Waals surface area contributed by atoms with Crippen LogP contribution in [0.3, 0.4) is 0 Å². The Bertz CT molecular complexity index is 1560. The van der Waals surface area contributed by atoms with Crippen molar-refractivity contribution in [2.75, 3.05) is 13.6 Å². The molecule has 1 heterocycles. The Balaban J connectivity index is 1.29. The molecule has 3 N–H and O–H groups in total. The fraction of sp³-hybridized carbons (Fsp3) is 0.316. The van der Waals surface area contributed by atoms with Crippen LogP contribution in [0.5, 0.6) is 0 Å². The molecule has 4 aromatic carbocycles. The van der Waals surface area contributed by atoms with Crippen molar-refractivity contribution in [3.8, 4) is 11.1 Å². The molecule has 8 nitrogen and oxygen atoms in total. The molecule has 1 amide bonds. The Hall–Kier alpha value is -4.34. The number of carbonyl (C=O) groups is 2. The maximum Gasteiger partial charge on any atom is 0.303 e. The molecule has 1 aliphatic heterocycles. The Kier molecular flexibility index (Phi) is 11.7. The number of hydrogen-bond acceptors (Lipinski definition) is 6. The molecule has 4 aromatic rings. The monoisotopic (exact) mass is 622 g/mol. The number of aliphatic hydroxyl groups excluding tert-OH is 1. The molecular weight excluding hydrogens is 580 g/mol. The van der Waals surface area contributed by atoms with Crippen molar-refractivity contribution < 1.29 is 29.3 Å². The van der Waals surface area contributed by atoms with Crippen LogP contribution in [0.4, 0.5) is 0 Å². The van der Waals surface area contributed by atoms with Gasteiger partial charge in [-0.3, -0.25) is 14.5 Å². The van der Waals surface area contributed by atoms with Gasteiger partial charge in [0, 0.05) is 44.5 Å². The van der Waals surface area contributed by atoms with Crippen molar-refractivity contribution in [2.45, 2.75) is 63.9 Å². The number of aliphatic hydroxyl groups is 1. The summed E-state index contributed by atoms with van der Waals surface area (Å²) in [7, 11) is 2.11. The van der Waals surface area contributed by atoms with Crippen molar-refractivity contribution in [1.29, 1.82) is 0 Å². The Morgan fingerprint density at radius 1 is 0.826 bits per heavy atom. The highest BCUT2D eigenvalue weighted by atomic mass is 16.7. The fourth-order valence-electron chi connectivity index (χ4n) is 5.80. The van der Waals surface area contributed by atoms with Gasteiger partial charge in [-0.25, -0.2) is 0 Å². The van der Waals surface area contributed by atoms with Gasteiger partial charge in [-0.1, -0.05) is 103 Å².